The van der Waals surface area contributed by atoms with Crippen LogP contribution in [0.4, 0.5) is 5.69 Å². The first kappa shape index (κ1) is 19.2. The van der Waals surface area contributed by atoms with Gasteiger partial charge in [0.25, 0.3) is 11.1 Å². The quantitative estimate of drug-likeness (QED) is 0.390. The molecule has 0 unspecified atom stereocenters. The Labute approximate surface area is 177 Å². The lowest BCUT2D eigenvalue weighted by molar-refractivity contribution is 0.102. The highest BCUT2D eigenvalue weighted by Crippen LogP contribution is 2.26. The van der Waals surface area contributed by atoms with E-state index < -0.39 is 0 Å². The van der Waals surface area contributed by atoms with Crippen LogP contribution < -0.4 is 5.32 Å². The number of benzene rings is 3. The van der Waals surface area contributed by atoms with Crippen molar-refractivity contribution < 1.29 is 9.21 Å². The number of carbonyl (C=O) groups excluding carboxylic acids is 1. The van der Waals surface area contributed by atoms with Crippen LogP contribution in [0.2, 0.25) is 5.02 Å². The number of nitrogens with zero attached hydrogens (tertiary/aromatic N) is 2. The van der Waals surface area contributed by atoms with E-state index >= 15 is 0 Å². The van der Waals surface area contributed by atoms with Crippen molar-refractivity contribution in [2.75, 3.05) is 5.32 Å². The monoisotopic (exact) mass is 421 g/mol. The smallest absolute Gasteiger partial charge is 0.277 e. The number of thioether (sulfide) groups is 1. The summed E-state index contributed by atoms with van der Waals surface area (Å²) in [6.45, 7) is 0. The van der Waals surface area contributed by atoms with Crippen LogP contribution in [-0.4, -0.2) is 16.1 Å². The Hall–Kier alpha value is -3.09. The van der Waals surface area contributed by atoms with Crippen molar-refractivity contribution in [1.82, 2.24) is 10.2 Å². The molecule has 0 atom stereocenters. The molecule has 1 N–H and O–H groups in total. The number of para-hydroxylation sites is 1. The molecular weight excluding hydrogens is 406 g/mol. The number of rotatable bonds is 6. The summed E-state index contributed by atoms with van der Waals surface area (Å²) >= 11 is 7.34. The lowest BCUT2D eigenvalue weighted by atomic mass is 10.1. The van der Waals surface area contributed by atoms with Gasteiger partial charge in [0.05, 0.1) is 0 Å². The summed E-state index contributed by atoms with van der Waals surface area (Å²) in [5, 5.41) is 12.2. The maximum Gasteiger partial charge on any atom is 0.277 e. The van der Waals surface area contributed by atoms with Crippen molar-refractivity contribution in [3.8, 4) is 11.5 Å². The van der Waals surface area contributed by atoms with Crippen molar-refractivity contribution in [3.63, 3.8) is 0 Å². The molecule has 3 aromatic carbocycles. The maximum absolute atomic E-state index is 12.3. The van der Waals surface area contributed by atoms with E-state index in [2.05, 4.69) is 15.5 Å². The first-order chi connectivity index (χ1) is 14.2. The molecule has 0 radical (unpaired) electrons. The number of halogens is 1. The topological polar surface area (TPSA) is 68.0 Å². The second-order valence-corrected chi connectivity index (χ2v) is 7.55. The zero-order valence-electron chi connectivity index (χ0n) is 15.2. The Kier molecular flexibility index (Phi) is 5.93. The van der Waals surface area contributed by atoms with Gasteiger partial charge >= 0.3 is 0 Å². The molecule has 0 aliphatic carbocycles. The van der Waals surface area contributed by atoms with Gasteiger partial charge < -0.3 is 9.73 Å². The van der Waals surface area contributed by atoms with Crippen molar-refractivity contribution in [1.29, 1.82) is 0 Å². The highest BCUT2D eigenvalue weighted by molar-refractivity contribution is 7.98. The molecular formula is C22H16ClN3O2S. The molecule has 144 valence electrons. The molecule has 1 amide bonds. The first-order valence-electron chi connectivity index (χ1n) is 8.85. The van der Waals surface area contributed by atoms with Crippen LogP contribution in [-0.2, 0) is 5.75 Å². The zero-order valence-corrected chi connectivity index (χ0v) is 16.8. The number of amides is 1. The molecule has 29 heavy (non-hydrogen) atoms. The average molecular weight is 422 g/mol. The molecule has 0 saturated carbocycles. The molecule has 4 aromatic rings. The molecule has 0 aliphatic heterocycles. The number of hydrogen-bond donors (Lipinski definition) is 1. The summed E-state index contributed by atoms with van der Waals surface area (Å²) in [6, 6.07) is 24.1. The van der Waals surface area contributed by atoms with Gasteiger partial charge in [-0.3, -0.25) is 4.79 Å². The maximum atomic E-state index is 12.3. The minimum Gasteiger partial charge on any atom is -0.411 e. The summed E-state index contributed by atoms with van der Waals surface area (Å²) in [4.78, 5) is 12.3. The third-order valence-electron chi connectivity index (χ3n) is 4.11. The molecule has 0 aliphatic rings. The van der Waals surface area contributed by atoms with Crippen LogP contribution in [0.15, 0.2) is 88.5 Å². The summed E-state index contributed by atoms with van der Waals surface area (Å²) in [5.41, 5.74) is 3.25. The largest absolute Gasteiger partial charge is 0.411 e. The van der Waals surface area contributed by atoms with Gasteiger partial charge in [0.1, 0.15) is 0 Å². The first-order valence-corrected chi connectivity index (χ1v) is 10.2. The van der Waals surface area contributed by atoms with E-state index in [1.165, 1.54) is 11.8 Å². The van der Waals surface area contributed by atoms with E-state index in [0.29, 0.717) is 27.5 Å². The van der Waals surface area contributed by atoms with Gasteiger partial charge in [-0.1, -0.05) is 53.7 Å². The second kappa shape index (κ2) is 8.94. The van der Waals surface area contributed by atoms with Crippen molar-refractivity contribution in [3.05, 3.63) is 95.0 Å². The number of carbonyl (C=O) groups is 1. The van der Waals surface area contributed by atoms with Crippen molar-refractivity contribution >= 4 is 35.0 Å². The lowest BCUT2D eigenvalue weighted by Crippen LogP contribution is -2.11. The Morgan fingerprint density at radius 3 is 2.38 bits per heavy atom. The Balaban J connectivity index is 1.35. The normalized spacial score (nSPS) is 10.7. The predicted octanol–water partition coefficient (Wildman–Crippen LogP) is 5.93. The minimum atomic E-state index is -0.139. The molecule has 1 aromatic heterocycles. The van der Waals surface area contributed by atoms with Gasteiger partial charge in [0.2, 0.25) is 5.89 Å². The molecule has 7 heteroatoms. The molecule has 0 fully saturated rings. The molecule has 0 spiro atoms. The number of nitrogens with one attached hydrogen (secondary N) is 1. The van der Waals surface area contributed by atoms with Crippen LogP contribution >= 0.6 is 23.4 Å². The third-order valence-corrected chi connectivity index (χ3v) is 5.25. The minimum absolute atomic E-state index is 0.139. The van der Waals surface area contributed by atoms with E-state index in [4.69, 9.17) is 16.0 Å². The van der Waals surface area contributed by atoms with Gasteiger partial charge in [-0.05, 0) is 54.1 Å². The van der Waals surface area contributed by atoms with Crippen LogP contribution in [0.5, 0.6) is 0 Å². The summed E-state index contributed by atoms with van der Waals surface area (Å²) in [6.07, 6.45) is 0. The number of hydrogen-bond acceptors (Lipinski definition) is 5. The van der Waals surface area contributed by atoms with Gasteiger partial charge in [0.15, 0.2) is 0 Å². The second-order valence-electron chi connectivity index (χ2n) is 6.19. The molecule has 0 bridgehead atoms. The van der Waals surface area contributed by atoms with Crippen molar-refractivity contribution in [2.45, 2.75) is 11.0 Å². The summed E-state index contributed by atoms with van der Waals surface area (Å²) in [5.74, 6) is 0.972. The van der Waals surface area contributed by atoms with E-state index in [1.54, 1.807) is 24.3 Å². The van der Waals surface area contributed by atoms with Gasteiger partial charge in [-0.25, -0.2) is 0 Å². The predicted molar refractivity (Wildman–Crippen MR) is 115 cm³/mol. The van der Waals surface area contributed by atoms with Crippen LogP contribution in [0.3, 0.4) is 0 Å². The SMILES string of the molecule is O=C(Nc1ccccc1)c1ccc(CSc2nnc(-c3ccc(Cl)cc3)o2)cc1. The number of aromatic nitrogens is 2. The molecule has 0 saturated heterocycles. The number of anilines is 1. The standard InChI is InChI=1S/C22H16ClN3O2S/c23-18-12-10-17(11-13-18)21-25-26-22(28-21)29-14-15-6-8-16(9-7-15)20(27)24-19-4-2-1-3-5-19/h1-13H,14H2,(H,24,27). The van der Waals surface area contributed by atoms with E-state index in [9.17, 15) is 4.79 Å². The molecule has 4 rings (SSSR count). The summed E-state index contributed by atoms with van der Waals surface area (Å²) < 4.78 is 5.69. The fourth-order valence-electron chi connectivity index (χ4n) is 2.60. The highest BCUT2D eigenvalue weighted by Gasteiger charge is 2.10. The Morgan fingerprint density at radius 1 is 0.931 bits per heavy atom. The average Bonchev–Trinajstić information content (AvgIpc) is 3.23. The van der Waals surface area contributed by atoms with E-state index in [1.807, 2.05) is 54.6 Å². The van der Waals surface area contributed by atoms with E-state index in [0.717, 1.165) is 16.8 Å². The van der Waals surface area contributed by atoms with E-state index in [-0.39, 0.29) is 5.91 Å². The fraction of sp³-hybridized carbons (Fsp3) is 0.0455. The van der Waals surface area contributed by atoms with Gasteiger partial charge in [-0.15, -0.1) is 10.2 Å². The molecule has 5 nitrogen and oxygen atoms in total. The van der Waals surface area contributed by atoms with Crippen LogP contribution in [0.1, 0.15) is 15.9 Å². The fourth-order valence-corrected chi connectivity index (χ4v) is 3.44. The van der Waals surface area contributed by atoms with Gasteiger partial charge in [0, 0.05) is 27.6 Å². The Bertz CT molecular complexity index is 1100. The van der Waals surface area contributed by atoms with Crippen molar-refractivity contribution in [2.24, 2.45) is 0 Å². The lowest BCUT2D eigenvalue weighted by Gasteiger charge is -2.06. The third kappa shape index (κ3) is 5.04. The summed E-state index contributed by atoms with van der Waals surface area (Å²) in [7, 11) is 0. The van der Waals surface area contributed by atoms with Gasteiger partial charge in [-0.2, -0.15) is 0 Å². The zero-order chi connectivity index (χ0) is 20.1. The molecule has 1 heterocycles. The van der Waals surface area contributed by atoms with Crippen LogP contribution in [0, 0.1) is 0 Å². The van der Waals surface area contributed by atoms with Crippen LogP contribution in [0.25, 0.3) is 11.5 Å². The Morgan fingerprint density at radius 2 is 1.66 bits per heavy atom. The highest BCUT2D eigenvalue weighted by atomic mass is 35.5.